The average Bonchev–Trinajstić information content (AvgIpc) is 3.43. The molecule has 8 nitrogen and oxygen atoms in total. The van der Waals surface area contributed by atoms with Gasteiger partial charge in [-0.25, -0.2) is 8.78 Å². The summed E-state index contributed by atoms with van der Waals surface area (Å²) in [6.07, 6.45) is 0.334. The van der Waals surface area contributed by atoms with Crippen molar-refractivity contribution in [2.45, 2.75) is 32.0 Å². The van der Waals surface area contributed by atoms with Gasteiger partial charge in [-0.05, 0) is 58.8 Å². The molecule has 0 bridgehead atoms. The number of nitrogens with zero attached hydrogens (tertiary/aromatic N) is 4. The summed E-state index contributed by atoms with van der Waals surface area (Å²) in [5.41, 5.74) is 2.79. The molecule has 40 heavy (non-hydrogen) atoms. The van der Waals surface area contributed by atoms with Gasteiger partial charge in [0.2, 0.25) is 0 Å². The van der Waals surface area contributed by atoms with Crippen molar-refractivity contribution in [3.05, 3.63) is 114 Å². The number of ether oxygens (including phenoxy) is 1. The highest BCUT2D eigenvalue weighted by Gasteiger charge is 2.20. The Morgan fingerprint density at radius 1 is 0.950 bits per heavy atom. The van der Waals surface area contributed by atoms with Crippen LogP contribution < -0.4 is 0 Å². The van der Waals surface area contributed by atoms with Crippen LogP contribution in [0.5, 0.6) is 0 Å². The first kappa shape index (κ1) is 28.5. The monoisotopic (exact) mass is 546 g/mol. The number of rotatable bonds is 11. The van der Waals surface area contributed by atoms with Gasteiger partial charge >= 0.3 is 5.97 Å². The third-order valence-electron chi connectivity index (χ3n) is 5.95. The molecule has 0 spiro atoms. The lowest BCUT2D eigenvalue weighted by Gasteiger charge is -2.16. The number of aromatic nitrogens is 4. The lowest BCUT2D eigenvalue weighted by Crippen LogP contribution is -2.20. The molecule has 0 aliphatic rings. The van der Waals surface area contributed by atoms with Crippen LogP contribution in [-0.4, -0.2) is 55.2 Å². The van der Waals surface area contributed by atoms with Gasteiger partial charge in [0.1, 0.15) is 11.6 Å². The van der Waals surface area contributed by atoms with E-state index >= 15 is 0 Å². The van der Waals surface area contributed by atoms with E-state index in [0.29, 0.717) is 33.8 Å². The third-order valence-corrected chi connectivity index (χ3v) is 5.95. The molecule has 4 aromatic rings. The molecule has 2 atom stereocenters. The fourth-order valence-electron chi connectivity index (χ4n) is 4.13. The molecule has 0 aliphatic heterocycles. The molecular weight excluding hydrogens is 518 g/mol. The van der Waals surface area contributed by atoms with E-state index in [1.165, 1.54) is 35.0 Å². The summed E-state index contributed by atoms with van der Waals surface area (Å²) in [6.45, 7) is 1.85. The lowest BCUT2D eigenvalue weighted by molar-refractivity contribution is -0.145. The smallest absolute Gasteiger partial charge is 0.308 e. The number of tetrazole rings is 1. The van der Waals surface area contributed by atoms with E-state index in [2.05, 4.69) is 15.5 Å². The van der Waals surface area contributed by atoms with Crippen molar-refractivity contribution in [2.24, 2.45) is 0 Å². The Balaban J connectivity index is 1.84. The second kappa shape index (κ2) is 13.5. The van der Waals surface area contributed by atoms with Crippen molar-refractivity contribution in [3.63, 3.8) is 0 Å². The number of esters is 1. The summed E-state index contributed by atoms with van der Waals surface area (Å²) in [7, 11) is 0. The molecule has 2 unspecified atom stereocenters. The second-order valence-electron chi connectivity index (χ2n) is 8.88. The van der Waals surface area contributed by atoms with Gasteiger partial charge in [-0.15, -0.1) is 5.10 Å². The van der Waals surface area contributed by atoms with E-state index in [0.717, 1.165) is 0 Å². The largest absolute Gasteiger partial charge is 0.466 e. The van der Waals surface area contributed by atoms with Gasteiger partial charge in [0.05, 0.1) is 30.9 Å². The number of carbonyl (C=O) groups excluding carboxylic acids is 1. The Morgan fingerprint density at radius 2 is 1.55 bits per heavy atom. The van der Waals surface area contributed by atoms with Gasteiger partial charge in [0, 0.05) is 17.6 Å². The van der Waals surface area contributed by atoms with Crippen LogP contribution in [0, 0.1) is 11.6 Å². The van der Waals surface area contributed by atoms with Crippen molar-refractivity contribution in [2.75, 3.05) is 6.61 Å². The first-order valence-electron chi connectivity index (χ1n) is 12.7. The van der Waals surface area contributed by atoms with Crippen LogP contribution in [0.15, 0.2) is 91.0 Å². The predicted molar refractivity (Wildman–Crippen MR) is 145 cm³/mol. The number of aliphatic hydroxyl groups is 2. The van der Waals surface area contributed by atoms with Crippen LogP contribution in [0.2, 0.25) is 0 Å². The van der Waals surface area contributed by atoms with E-state index in [1.807, 2.05) is 30.3 Å². The maximum absolute atomic E-state index is 13.9. The van der Waals surface area contributed by atoms with E-state index in [9.17, 15) is 23.8 Å². The molecule has 3 aromatic carbocycles. The Bertz CT molecular complexity index is 1420. The number of carbonyl (C=O) groups is 1. The van der Waals surface area contributed by atoms with Crippen molar-refractivity contribution >= 4 is 17.2 Å². The normalized spacial score (nSPS) is 12.7. The number of hydrogen-bond donors (Lipinski definition) is 2. The highest BCUT2D eigenvalue weighted by atomic mass is 19.1. The first-order valence-corrected chi connectivity index (χ1v) is 12.7. The van der Waals surface area contributed by atoms with Gasteiger partial charge in [-0.2, -0.15) is 4.68 Å². The molecule has 0 radical (unpaired) electrons. The zero-order valence-electron chi connectivity index (χ0n) is 21.7. The molecule has 1 heterocycles. The maximum atomic E-state index is 13.9. The predicted octanol–water partition coefficient (Wildman–Crippen LogP) is 4.66. The van der Waals surface area contributed by atoms with Crippen molar-refractivity contribution in [1.82, 2.24) is 20.2 Å². The molecule has 1 aromatic heterocycles. The van der Waals surface area contributed by atoms with E-state index in [4.69, 9.17) is 4.74 Å². The third kappa shape index (κ3) is 7.31. The summed E-state index contributed by atoms with van der Waals surface area (Å²) in [5, 5.41) is 33.2. The Kier molecular flexibility index (Phi) is 9.61. The van der Waals surface area contributed by atoms with Crippen molar-refractivity contribution < 1.29 is 28.5 Å². The molecule has 0 saturated carbocycles. The molecule has 2 N–H and O–H groups in total. The standard InChI is InChI=1S/C30H28F2N4O4/c1-2-40-28(39)19-26(38)18-25(37)16-17-27(36-30(33-34-35-36)22-6-4-3-5-7-22)29(20-8-12-23(31)13-9-20)21-10-14-24(32)15-11-21/h3-17,25-26,37-38H,2,18-19H2,1H3. The minimum absolute atomic E-state index is 0.133. The van der Waals surface area contributed by atoms with Crippen molar-refractivity contribution in [1.29, 1.82) is 0 Å². The molecule has 0 saturated heterocycles. The highest BCUT2D eigenvalue weighted by molar-refractivity contribution is 5.97. The SMILES string of the molecule is CCOC(=O)CC(O)CC(O)C=CC(=C(c1ccc(F)cc1)c1ccc(F)cc1)n1nnnc1-c1ccccc1. The van der Waals surface area contributed by atoms with Crippen molar-refractivity contribution in [3.8, 4) is 11.4 Å². The second-order valence-corrected chi connectivity index (χ2v) is 8.88. The van der Waals surface area contributed by atoms with Crippen LogP contribution in [0.4, 0.5) is 8.78 Å². The summed E-state index contributed by atoms with van der Waals surface area (Å²) in [6, 6.07) is 20.7. The zero-order chi connectivity index (χ0) is 28.5. The summed E-state index contributed by atoms with van der Waals surface area (Å²) >= 11 is 0. The number of hydrogen-bond acceptors (Lipinski definition) is 7. The van der Waals surface area contributed by atoms with Crippen LogP contribution in [-0.2, 0) is 9.53 Å². The maximum Gasteiger partial charge on any atom is 0.308 e. The van der Waals surface area contributed by atoms with E-state index < -0.39 is 29.8 Å². The van der Waals surface area contributed by atoms with Gasteiger partial charge < -0.3 is 14.9 Å². The Labute approximate surface area is 229 Å². The van der Waals surface area contributed by atoms with Gasteiger partial charge in [-0.3, -0.25) is 4.79 Å². The molecule has 0 amide bonds. The topological polar surface area (TPSA) is 110 Å². The molecular formula is C30H28F2N4O4. The Morgan fingerprint density at radius 3 is 2.12 bits per heavy atom. The van der Waals surface area contributed by atoms with E-state index in [-0.39, 0.29) is 19.4 Å². The van der Waals surface area contributed by atoms with Gasteiger partial charge in [0.15, 0.2) is 5.82 Å². The lowest BCUT2D eigenvalue weighted by atomic mass is 9.95. The fourth-order valence-corrected chi connectivity index (χ4v) is 4.13. The number of allylic oxidation sites excluding steroid dienone is 2. The van der Waals surface area contributed by atoms with Crippen LogP contribution in [0.1, 0.15) is 30.9 Å². The first-order chi connectivity index (χ1) is 19.4. The highest BCUT2D eigenvalue weighted by Crippen LogP contribution is 2.32. The van der Waals surface area contributed by atoms with Crippen LogP contribution >= 0.6 is 0 Å². The summed E-state index contributed by atoms with van der Waals surface area (Å²) in [5.74, 6) is -1.04. The molecule has 10 heteroatoms. The minimum atomic E-state index is -1.15. The van der Waals surface area contributed by atoms with Crippen LogP contribution in [0.25, 0.3) is 22.7 Å². The zero-order valence-corrected chi connectivity index (χ0v) is 21.7. The van der Waals surface area contributed by atoms with Gasteiger partial charge in [-0.1, -0.05) is 60.7 Å². The average molecular weight is 547 g/mol. The number of aliphatic hydroxyl groups excluding tert-OH is 2. The number of benzene rings is 3. The quantitative estimate of drug-likeness (QED) is 0.208. The summed E-state index contributed by atoms with van der Waals surface area (Å²) < 4.78 is 34.1. The van der Waals surface area contributed by atoms with Crippen LogP contribution in [0.3, 0.4) is 0 Å². The minimum Gasteiger partial charge on any atom is -0.466 e. The molecule has 0 aliphatic carbocycles. The fraction of sp³-hybridized carbons (Fsp3) is 0.200. The molecule has 206 valence electrons. The summed E-state index contributed by atoms with van der Waals surface area (Å²) in [4.78, 5) is 11.7. The molecule has 0 fully saturated rings. The Hall–Kier alpha value is -4.54. The molecule has 4 rings (SSSR count). The van der Waals surface area contributed by atoms with E-state index in [1.54, 1.807) is 37.3 Å². The van der Waals surface area contributed by atoms with Gasteiger partial charge in [0.25, 0.3) is 0 Å². The number of halogens is 2.